The molecule has 1 aromatic rings. The van der Waals surface area contributed by atoms with Gasteiger partial charge in [0.05, 0.1) is 0 Å². The molecule has 82 valence electrons. The molecule has 15 heavy (non-hydrogen) atoms. The lowest BCUT2D eigenvalue weighted by Gasteiger charge is -2.28. The zero-order valence-electron chi connectivity index (χ0n) is 8.41. The fraction of sp³-hybridized carbons (Fsp3) is 0.556. The van der Waals surface area contributed by atoms with E-state index in [0.717, 1.165) is 25.9 Å². The number of nitrogens with zero attached hydrogens (tertiary/aromatic N) is 3. The molecule has 1 aliphatic heterocycles. The maximum atomic E-state index is 13.6. The number of nitrogen functional groups attached to an aromatic ring is 2. The first-order valence-corrected chi connectivity index (χ1v) is 5.02. The third-order valence-electron chi connectivity index (χ3n) is 2.53. The number of hydrogen-bond donors (Lipinski definition) is 2. The molecule has 2 rings (SSSR count). The number of nitrogens with two attached hydrogens (primary N) is 2. The number of hydrogen-bond acceptors (Lipinski definition) is 5. The second-order valence-electron chi connectivity index (χ2n) is 3.65. The van der Waals surface area contributed by atoms with Crippen molar-refractivity contribution in [1.29, 1.82) is 0 Å². The third-order valence-corrected chi connectivity index (χ3v) is 2.53. The second kappa shape index (κ2) is 3.88. The summed E-state index contributed by atoms with van der Waals surface area (Å²) >= 11 is 0. The van der Waals surface area contributed by atoms with Crippen LogP contribution in [0, 0.1) is 5.82 Å². The van der Waals surface area contributed by atoms with Crippen molar-refractivity contribution in [1.82, 2.24) is 9.97 Å². The van der Waals surface area contributed by atoms with Gasteiger partial charge >= 0.3 is 0 Å². The fourth-order valence-corrected chi connectivity index (χ4v) is 1.78. The summed E-state index contributed by atoms with van der Waals surface area (Å²) in [5, 5.41) is 0. The summed E-state index contributed by atoms with van der Waals surface area (Å²) in [6.07, 6.45) is 3.26. The molecule has 6 heteroatoms. The van der Waals surface area contributed by atoms with Gasteiger partial charge in [-0.15, -0.1) is 0 Å². The van der Waals surface area contributed by atoms with E-state index in [4.69, 9.17) is 11.5 Å². The Morgan fingerprint density at radius 3 is 2.40 bits per heavy atom. The molecule has 0 spiro atoms. The number of halogens is 1. The highest BCUT2D eigenvalue weighted by atomic mass is 19.1. The van der Waals surface area contributed by atoms with E-state index in [1.54, 1.807) is 0 Å². The zero-order valence-corrected chi connectivity index (χ0v) is 8.41. The topological polar surface area (TPSA) is 81.1 Å². The summed E-state index contributed by atoms with van der Waals surface area (Å²) in [4.78, 5) is 9.33. The third kappa shape index (κ3) is 1.93. The van der Waals surface area contributed by atoms with Gasteiger partial charge < -0.3 is 16.4 Å². The highest BCUT2D eigenvalue weighted by Gasteiger charge is 2.19. The summed E-state index contributed by atoms with van der Waals surface area (Å²) in [5.41, 5.74) is 10.8. The average molecular weight is 211 g/mol. The van der Waals surface area contributed by atoms with Crippen molar-refractivity contribution in [3.63, 3.8) is 0 Å². The molecule has 0 aromatic carbocycles. The molecule has 0 bridgehead atoms. The minimum atomic E-state index is -0.564. The van der Waals surface area contributed by atoms with Crippen molar-refractivity contribution in [2.45, 2.75) is 19.3 Å². The van der Waals surface area contributed by atoms with Crippen molar-refractivity contribution in [2.75, 3.05) is 29.5 Å². The fourth-order valence-electron chi connectivity index (χ4n) is 1.78. The van der Waals surface area contributed by atoms with Crippen LogP contribution in [0.1, 0.15) is 19.3 Å². The highest BCUT2D eigenvalue weighted by molar-refractivity contribution is 5.52. The summed E-state index contributed by atoms with van der Waals surface area (Å²) in [7, 11) is 0. The maximum Gasteiger partial charge on any atom is 0.224 e. The smallest absolute Gasteiger partial charge is 0.224 e. The average Bonchev–Trinajstić information content (AvgIpc) is 2.24. The molecule has 1 saturated heterocycles. The van der Waals surface area contributed by atoms with Crippen LogP contribution in [0.3, 0.4) is 0 Å². The van der Waals surface area contributed by atoms with E-state index in [0.29, 0.717) is 0 Å². The molecule has 0 radical (unpaired) electrons. The highest BCUT2D eigenvalue weighted by Crippen LogP contribution is 2.24. The van der Waals surface area contributed by atoms with E-state index in [1.165, 1.54) is 6.42 Å². The lowest BCUT2D eigenvalue weighted by molar-refractivity contribution is 0.549. The number of aromatic nitrogens is 2. The standard InChI is InChI=1S/C9H14FN5/c10-6-7(11)13-9(12)14-8(6)15-4-2-1-3-5-15/h1-5H2,(H4,11,12,13,14). The Kier molecular flexibility index (Phi) is 2.57. The monoisotopic (exact) mass is 211 g/mol. The molecular formula is C9H14FN5. The van der Waals surface area contributed by atoms with Gasteiger partial charge in [0, 0.05) is 13.1 Å². The molecule has 4 N–H and O–H groups in total. The van der Waals surface area contributed by atoms with Crippen LogP contribution in [-0.2, 0) is 0 Å². The Morgan fingerprint density at radius 2 is 1.73 bits per heavy atom. The van der Waals surface area contributed by atoms with Gasteiger partial charge in [0.2, 0.25) is 11.8 Å². The summed E-state index contributed by atoms with van der Waals surface area (Å²) in [5.74, 6) is -0.483. The number of piperidine rings is 1. The van der Waals surface area contributed by atoms with Crippen LogP contribution in [0.2, 0.25) is 0 Å². The van der Waals surface area contributed by atoms with Gasteiger partial charge in [-0.2, -0.15) is 14.4 Å². The Bertz CT molecular complexity index is 362. The van der Waals surface area contributed by atoms with Gasteiger partial charge in [-0.1, -0.05) is 0 Å². The van der Waals surface area contributed by atoms with Gasteiger partial charge in [0.25, 0.3) is 0 Å². The molecule has 5 nitrogen and oxygen atoms in total. The van der Waals surface area contributed by atoms with Crippen molar-refractivity contribution in [3.05, 3.63) is 5.82 Å². The van der Waals surface area contributed by atoms with Crippen LogP contribution in [0.4, 0.5) is 22.0 Å². The molecule has 1 aliphatic rings. The Balaban J connectivity index is 2.33. The summed E-state index contributed by atoms with van der Waals surface area (Å²) < 4.78 is 13.6. The normalized spacial score (nSPS) is 16.7. The van der Waals surface area contributed by atoms with Crippen LogP contribution in [0.25, 0.3) is 0 Å². The van der Waals surface area contributed by atoms with Crippen LogP contribution >= 0.6 is 0 Å². The first-order valence-electron chi connectivity index (χ1n) is 5.02. The van der Waals surface area contributed by atoms with Gasteiger partial charge in [-0.3, -0.25) is 0 Å². The van der Waals surface area contributed by atoms with Crippen LogP contribution in [0.5, 0.6) is 0 Å². The van der Waals surface area contributed by atoms with Crippen LogP contribution in [0.15, 0.2) is 0 Å². The molecule has 0 unspecified atom stereocenters. The van der Waals surface area contributed by atoms with E-state index in [9.17, 15) is 4.39 Å². The van der Waals surface area contributed by atoms with Gasteiger partial charge in [0.15, 0.2) is 11.6 Å². The first kappa shape index (κ1) is 9.95. The summed E-state index contributed by atoms with van der Waals surface area (Å²) in [6, 6.07) is 0. The first-order chi connectivity index (χ1) is 7.18. The molecule has 0 aliphatic carbocycles. The van der Waals surface area contributed by atoms with E-state index in [1.807, 2.05) is 4.90 Å². The predicted octanol–water partition coefficient (Wildman–Crippen LogP) is 0.770. The van der Waals surface area contributed by atoms with Gasteiger partial charge in [-0.25, -0.2) is 0 Å². The van der Waals surface area contributed by atoms with E-state index in [-0.39, 0.29) is 17.6 Å². The molecule has 0 amide bonds. The SMILES string of the molecule is Nc1nc(N)c(F)c(N2CCCCC2)n1. The second-order valence-corrected chi connectivity index (χ2v) is 3.65. The number of anilines is 3. The Labute approximate surface area is 87.3 Å². The van der Waals surface area contributed by atoms with E-state index in [2.05, 4.69) is 9.97 Å². The Morgan fingerprint density at radius 1 is 1.07 bits per heavy atom. The van der Waals surface area contributed by atoms with Gasteiger partial charge in [-0.05, 0) is 19.3 Å². The van der Waals surface area contributed by atoms with E-state index >= 15 is 0 Å². The molecular weight excluding hydrogens is 197 g/mol. The largest absolute Gasteiger partial charge is 0.381 e. The van der Waals surface area contributed by atoms with Crippen molar-refractivity contribution in [3.8, 4) is 0 Å². The Hall–Kier alpha value is -1.59. The van der Waals surface area contributed by atoms with Crippen LogP contribution in [-0.4, -0.2) is 23.1 Å². The molecule has 1 aromatic heterocycles. The lowest BCUT2D eigenvalue weighted by Crippen LogP contribution is -2.31. The predicted molar refractivity (Wildman–Crippen MR) is 56.9 cm³/mol. The zero-order chi connectivity index (χ0) is 10.8. The molecule has 2 heterocycles. The van der Waals surface area contributed by atoms with Crippen molar-refractivity contribution in [2.24, 2.45) is 0 Å². The minimum absolute atomic E-state index is 0.0227. The van der Waals surface area contributed by atoms with Crippen molar-refractivity contribution < 1.29 is 4.39 Å². The number of rotatable bonds is 1. The maximum absolute atomic E-state index is 13.6. The molecule has 0 atom stereocenters. The molecule has 0 saturated carbocycles. The minimum Gasteiger partial charge on any atom is -0.381 e. The quantitative estimate of drug-likeness (QED) is 0.717. The van der Waals surface area contributed by atoms with Crippen molar-refractivity contribution >= 4 is 17.6 Å². The van der Waals surface area contributed by atoms with Gasteiger partial charge in [0.1, 0.15) is 0 Å². The van der Waals surface area contributed by atoms with E-state index < -0.39 is 5.82 Å². The molecule has 1 fully saturated rings. The van der Waals surface area contributed by atoms with Crippen LogP contribution < -0.4 is 16.4 Å². The summed E-state index contributed by atoms with van der Waals surface area (Å²) in [6.45, 7) is 1.60. The lowest BCUT2D eigenvalue weighted by atomic mass is 10.1.